The van der Waals surface area contributed by atoms with E-state index in [4.69, 9.17) is 0 Å². The summed E-state index contributed by atoms with van der Waals surface area (Å²) in [4.78, 5) is 21.8. The first-order valence-electron chi connectivity index (χ1n) is 7.88. The van der Waals surface area contributed by atoms with Gasteiger partial charge in [0.1, 0.15) is 5.82 Å². The van der Waals surface area contributed by atoms with Gasteiger partial charge in [-0.2, -0.15) is 10.2 Å². The Morgan fingerprint density at radius 3 is 2.92 bits per heavy atom. The molecule has 1 amide bonds. The molecule has 4 aromatic heterocycles. The highest BCUT2D eigenvalue weighted by molar-refractivity contribution is 7.13. The summed E-state index contributed by atoms with van der Waals surface area (Å²) in [6.45, 7) is 0.238. The fourth-order valence-electron chi connectivity index (χ4n) is 2.49. The summed E-state index contributed by atoms with van der Waals surface area (Å²) in [7, 11) is 1.82. The normalized spacial score (nSPS) is 10.8. The predicted octanol–water partition coefficient (Wildman–Crippen LogP) is 2.26. The molecular weight excluding hydrogens is 350 g/mol. The fourth-order valence-corrected chi connectivity index (χ4v) is 3.26. The number of nitrogens with one attached hydrogen (secondary N) is 2. The minimum absolute atomic E-state index is 0.238. The van der Waals surface area contributed by atoms with Crippen molar-refractivity contribution in [1.29, 1.82) is 0 Å². The Morgan fingerprint density at radius 1 is 1.31 bits per heavy atom. The van der Waals surface area contributed by atoms with Crippen LogP contribution in [0.1, 0.15) is 16.3 Å². The van der Waals surface area contributed by atoms with E-state index in [2.05, 4.69) is 30.6 Å². The maximum absolute atomic E-state index is 12.4. The largest absolute Gasteiger partial charge is 0.343 e. The van der Waals surface area contributed by atoms with Crippen LogP contribution in [0.3, 0.4) is 0 Å². The highest BCUT2D eigenvalue weighted by Gasteiger charge is 2.15. The molecule has 4 aromatic rings. The smallest absolute Gasteiger partial charge is 0.272 e. The average Bonchev–Trinajstić information content (AvgIpc) is 3.41. The van der Waals surface area contributed by atoms with Crippen LogP contribution >= 0.6 is 11.3 Å². The summed E-state index contributed by atoms with van der Waals surface area (Å²) < 4.78 is 1.71. The van der Waals surface area contributed by atoms with Crippen LogP contribution in [0.2, 0.25) is 0 Å². The van der Waals surface area contributed by atoms with Crippen LogP contribution < -0.4 is 5.32 Å². The van der Waals surface area contributed by atoms with Crippen LogP contribution in [-0.4, -0.2) is 35.9 Å². The van der Waals surface area contributed by atoms with Crippen LogP contribution in [0, 0.1) is 0 Å². The first kappa shape index (κ1) is 16.2. The van der Waals surface area contributed by atoms with E-state index in [0.717, 1.165) is 16.1 Å². The van der Waals surface area contributed by atoms with Gasteiger partial charge in [0.05, 0.1) is 17.1 Å². The molecule has 4 heterocycles. The number of nitrogens with zero attached hydrogens (tertiary/aromatic N) is 5. The first-order valence-corrected chi connectivity index (χ1v) is 8.76. The van der Waals surface area contributed by atoms with Crippen molar-refractivity contribution in [1.82, 2.24) is 35.3 Å². The Balaban J connectivity index is 1.43. The van der Waals surface area contributed by atoms with Gasteiger partial charge < -0.3 is 5.32 Å². The molecule has 130 valence electrons. The Labute approximate surface area is 152 Å². The van der Waals surface area contributed by atoms with E-state index < -0.39 is 0 Å². The van der Waals surface area contributed by atoms with E-state index in [1.165, 1.54) is 0 Å². The second-order valence-corrected chi connectivity index (χ2v) is 6.49. The quantitative estimate of drug-likeness (QED) is 0.565. The van der Waals surface area contributed by atoms with Crippen molar-refractivity contribution >= 4 is 17.2 Å². The number of hydrogen-bond donors (Lipinski definition) is 2. The Kier molecular flexibility index (Phi) is 4.28. The van der Waals surface area contributed by atoms with Crippen LogP contribution in [0.4, 0.5) is 0 Å². The first-order chi connectivity index (χ1) is 12.7. The van der Waals surface area contributed by atoms with Crippen LogP contribution in [0.15, 0.2) is 48.1 Å². The molecular formula is C17H15N7OS. The topological polar surface area (TPSA) is 101 Å². The van der Waals surface area contributed by atoms with Crippen molar-refractivity contribution in [3.05, 3.63) is 59.6 Å². The highest BCUT2D eigenvalue weighted by Crippen LogP contribution is 2.24. The summed E-state index contributed by atoms with van der Waals surface area (Å²) in [5, 5.41) is 16.1. The molecule has 0 spiro atoms. The summed E-state index contributed by atoms with van der Waals surface area (Å²) in [6, 6.07) is 9.40. The number of carbonyl (C=O) groups is 1. The number of pyridine rings is 1. The zero-order chi connectivity index (χ0) is 17.9. The number of aryl methyl sites for hydroxylation is 1. The van der Waals surface area contributed by atoms with Gasteiger partial charge in [-0.25, -0.2) is 4.98 Å². The standard InChI is InChI=1S/C17H15N7OS/c1-24-13(14-3-2-8-26-14)9-12(23-24)17(25)19-10-15-20-16(22-21-15)11-4-6-18-7-5-11/h2-9H,10H2,1H3,(H,19,25)(H,20,21,22). The van der Waals surface area contributed by atoms with Gasteiger partial charge in [0.15, 0.2) is 11.5 Å². The molecule has 0 atom stereocenters. The monoisotopic (exact) mass is 365 g/mol. The molecule has 4 rings (SSSR count). The van der Waals surface area contributed by atoms with Crippen LogP contribution in [0.25, 0.3) is 22.0 Å². The second kappa shape index (κ2) is 6.89. The summed E-state index contributed by atoms with van der Waals surface area (Å²) in [6.07, 6.45) is 3.36. The number of H-pyrrole nitrogens is 1. The molecule has 0 radical (unpaired) electrons. The number of rotatable bonds is 5. The van der Waals surface area contributed by atoms with E-state index in [0.29, 0.717) is 17.3 Å². The molecule has 9 heteroatoms. The number of thiophene rings is 1. The average molecular weight is 365 g/mol. The molecule has 8 nitrogen and oxygen atoms in total. The number of aromatic amines is 1. The lowest BCUT2D eigenvalue weighted by atomic mass is 10.2. The Bertz CT molecular complexity index is 1020. The Morgan fingerprint density at radius 2 is 2.15 bits per heavy atom. The number of hydrogen-bond acceptors (Lipinski definition) is 6. The molecule has 0 aliphatic carbocycles. The summed E-state index contributed by atoms with van der Waals surface area (Å²) >= 11 is 1.61. The van der Waals surface area contributed by atoms with Gasteiger partial charge in [0.2, 0.25) is 0 Å². The van der Waals surface area contributed by atoms with Gasteiger partial charge in [-0.05, 0) is 29.6 Å². The van der Waals surface area contributed by atoms with Gasteiger partial charge in [0.25, 0.3) is 5.91 Å². The number of aromatic nitrogens is 6. The van der Waals surface area contributed by atoms with E-state index in [9.17, 15) is 4.79 Å². The molecule has 26 heavy (non-hydrogen) atoms. The fraction of sp³-hybridized carbons (Fsp3) is 0.118. The molecule has 0 aliphatic heterocycles. The van der Waals surface area contributed by atoms with E-state index in [1.54, 1.807) is 34.5 Å². The number of amides is 1. The molecule has 0 unspecified atom stereocenters. The maximum atomic E-state index is 12.4. The van der Waals surface area contributed by atoms with E-state index >= 15 is 0 Å². The molecule has 0 saturated heterocycles. The van der Waals surface area contributed by atoms with Crippen LogP contribution in [-0.2, 0) is 13.6 Å². The predicted molar refractivity (Wildman–Crippen MR) is 97.3 cm³/mol. The molecule has 0 fully saturated rings. The minimum Gasteiger partial charge on any atom is -0.343 e. The van der Waals surface area contributed by atoms with E-state index in [1.807, 2.05) is 36.7 Å². The molecule has 0 bridgehead atoms. The van der Waals surface area contributed by atoms with Crippen molar-refractivity contribution in [2.24, 2.45) is 7.05 Å². The minimum atomic E-state index is -0.259. The zero-order valence-corrected chi connectivity index (χ0v) is 14.7. The molecule has 2 N–H and O–H groups in total. The van der Waals surface area contributed by atoms with Gasteiger partial charge in [-0.15, -0.1) is 11.3 Å². The van der Waals surface area contributed by atoms with Crippen LogP contribution in [0.5, 0.6) is 0 Å². The summed E-state index contributed by atoms with van der Waals surface area (Å²) in [5.41, 5.74) is 2.13. The lowest BCUT2D eigenvalue weighted by Crippen LogP contribution is -2.24. The van der Waals surface area contributed by atoms with Gasteiger partial charge in [0, 0.05) is 25.0 Å². The van der Waals surface area contributed by atoms with Gasteiger partial charge >= 0.3 is 0 Å². The SMILES string of the molecule is Cn1nc(C(=O)NCc2nc(-c3ccncc3)n[nH]2)cc1-c1cccs1. The highest BCUT2D eigenvalue weighted by atomic mass is 32.1. The molecule has 0 aromatic carbocycles. The lowest BCUT2D eigenvalue weighted by Gasteiger charge is -1.99. The van der Waals surface area contributed by atoms with Crippen molar-refractivity contribution < 1.29 is 4.79 Å². The molecule has 0 aliphatic rings. The summed E-state index contributed by atoms with van der Waals surface area (Å²) in [5.74, 6) is 0.874. The van der Waals surface area contributed by atoms with Gasteiger partial charge in [-0.1, -0.05) is 6.07 Å². The van der Waals surface area contributed by atoms with Crippen molar-refractivity contribution in [3.63, 3.8) is 0 Å². The maximum Gasteiger partial charge on any atom is 0.272 e. The third kappa shape index (κ3) is 3.24. The third-order valence-electron chi connectivity index (χ3n) is 3.77. The van der Waals surface area contributed by atoms with Crippen molar-refractivity contribution in [2.45, 2.75) is 6.54 Å². The van der Waals surface area contributed by atoms with Crippen molar-refractivity contribution in [3.8, 4) is 22.0 Å². The Hall–Kier alpha value is -3.33. The van der Waals surface area contributed by atoms with Gasteiger partial charge in [-0.3, -0.25) is 19.6 Å². The van der Waals surface area contributed by atoms with Crippen molar-refractivity contribution in [2.75, 3.05) is 0 Å². The molecule has 0 saturated carbocycles. The zero-order valence-electron chi connectivity index (χ0n) is 13.9. The second-order valence-electron chi connectivity index (χ2n) is 5.54. The number of carbonyl (C=O) groups excluding carboxylic acids is 1. The third-order valence-corrected chi connectivity index (χ3v) is 4.67. The lowest BCUT2D eigenvalue weighted by molar-refractivity contribution is 0.0944. The van der Waals surface area contributed by atoms with E-state index in [-0.39, 0.29) is 12.5 Å².